The fourth-order valence-corrected chi connectivity index (χ4v) is 5.86. The van der Waals surface area contributed by atoms with Crippen LogP contribution < -0.4 is 9.64 Å². The van der Waals surface area contributed by atoms with E-state index in [1.807, 2.05) is 42.6 Å². The van der Waals surface area contributed by atoms with E-state index in [-0.39, 0.29) is 17.8 Å². The van der Waals surface area contributed by atoms with Crippen LogP contribution in [0.4, 0.5) is 5.82 Å². The summed E-state index contributed by atoms with van der Waals surface area (Å²) in [7, 11) is 0. The van der Waals surface area contributed by atoms with Crippen LogP contribution in [-0.4, -0.2) is 46.5 Å². The lowest BCUT2D eigenvalue weighted by Crippen LogP contribution is -2.36. The second-order valence-corrected chi connectivity index (χ2v) is 11.2. The lowest BCUT2D eigenvalue weighted by atomic mass is 9.97. The Hall–Kier alpha value is -4.50. The van der Waals surface area contributed by atoms with Crippen LogP contribution in [0.25, 0.3) is 21.5 Å². The highest BCUT2D eigenvalue weighted by Gasteiger charge is 2.22. The van der Waals surface area contributed by atoms with Crippen molar-refractivity contribution in [3.63, 3.8) is 0 Å². The summed E-state index contributed by atoms with van der Waals surface area (Å²) in [5.41, 5.74) is 3.62. The lowest BCUT2D eigenvalue weighted by Gasteiger charge is -2.32. The van der Waals surface area contributed by atoms with E-state index in [9.17, 15) is 9.59 Å². The molecule has 6 rings (SSSR count). The van der Waals surface area contributed by atoms with E-state index in [4.69, 9.17) is 14.3 Å². The zero-order chi connectivity index (χ0) is 28.3. The first-order valence-electron chi connectivity index (χ1n) is 13.6. The number of furan rings is 1. The third-order valence-electron chi connectivity index (χ3n) is 7.55. The van der Waals surface area contributed by atoms with Gasteiger partial charge in [0.15, 0.2) is 5.76 Å². The van der Waals surface area contributed by atoms with Crippen molar-refractivity contribution in [3.05, 3.63) is 94.8 Å². The third kappa shape index (κ3) is 5.85. The number of Topliss-reactive ketones (excluding diaryl/α,β-unsaturated/α-hetero) is 1. The Morgan fingerprint density at radius 2 is 1.95 bits per heavy atom. The summed E-state index contributed by atoms with van der Waals surface area (Å²) in [6.45, 7) is 4.19. The number of rotatable bonds is 9. The van der Waals surface area contributed by atoms with Gasteiger partial charge in [-0.2, -0.15) is 0 Å². The summed E-state index contributed by atoms with van der Waals surface area (Å²) < 4.78 is 11.8. The highest BCUT2D eigenvalue weighted by Crippen LogP contribution is 2.32. The molecular formula is C32H29N3O5S. The minimum atomic E-state index is -0.960. The van der Waals surface area contributed by atoms with Crippen molar-refractivity contribution >= 4 is 39.9 Å². The van der Waals surface area contributed by atoms with E-state index in [1.54, 1.807) is 48.0 Å². The monoisotopic (exact) mass is 567 g/mol. The normalized spacial score (nSPS) is 13.9. The molecule has 5 aromatic rings. The summed E-state index contributed by atoms with van der Waals surface area (Å²) in [4.78, 5) is 35.6. The molecule has 8 nitrogen and oxygen atoms in total. The molecule has 0 amide bonds. The van der Waals surface area contributed by atoms with Crippen molar-refractivity contribution in [1.82, 2.24) is 9.97 Å². The van der Waals surface area contributed by atoms with E-state index in [0.717, 1.165) is 58.8 Å². The predicted molar refractivity (Wildman–Crippen MR) is 158 cm³/mol. The Morgan fingerprint density at radius 3 is 2.68 bits per heavy atom. The molecule has 4 heterocycles. The van der Waals surface area contributed by atoms with Crippen molar-refractivity contribution in [1.29, 1.82) is 0 Å². The molecule has 1 fully saturated rings. The summed E-state index contributed by atoms with van der Waals surface area (Å²) >= 11 is 1.58. The smallest absolute Gasteiger partial charge is 0.335 e. The van der Waals surface area contributed by atoms with Crippen LogP contribution in [0.3, 0.4) is 0 Å². The molecule has 1 N–H and O–H groups in total. The van der Waals surface area contributed by atoms with Crippen LogP contribution in [0, 0.1) is 12.8 Å². The zero-order valence-electron chi connectivity index (χ0n) is 22.6. The molecule has 0 bridgehead atoms. The average Bonchev–Trinajstić information content (AvgIpc) is 3.65. The van der Waals surface area contributed by atoms with Crippen LogP contribution in [0.1, 0.15) is 44.9 Å². The Labute approximate surface area is 241 Å². The number of aromatic nitrogens is 2. The number of ether oxygens (including phenoxy) is 1. The van der Waals surface area contributed by atoms with Gasteiger partial charge in [0.1, 0.15) is 22.2 Å². The fourth-order valence-electron chi connectivity index (χ4n) is 5.22. The summed E-state index contributed by atoms with van der Waals surface area (Å²) in [5, 5.41) is 13.0. The van der Waals surface area contributed by atoms with Crippen molar-refractivity contribution in [2.24, 2.45) is 5.92 Å². The van der Waals surface area contributed by atoms with Crippen molar-refractivity contribution in [2.45, 2.75) is 26.2 Å². The van der Waals surface area contributed by atoms with Gasteiger partial charge in [0.05, 0.1) is 12.2 Å². The molecule has 0 spiro atoms. The van der Waals surface area contributed by atoms with Crippen LogP contribution in [0.15, 0.2) is 76.8 Å². The molecule has 1 saturated heterocycles. The number of carboxylic acid groups (broad SMARTS) is 1. The van der Waals surface area contributed by atoms with Gasteiger partial charge >= 0.3 is 5.97 Å². The third-order valence-corrected chi connectivity index (χ3v) is 8.37. The lowest BCUT2D eigenvalue weighted by molar-refractivity contribution is 0.0696. The Morgan fingerprint density at radius 1 is 1.10 bits per heavy atom. The van der Waals surface area contributed by atoms with Gasteiger partial charge in [-0.1, -0.05) is 12.1 Å². The number of fused-ring (bicyclic) bond motifs is 1. The molecule has 0 saturated carbocycles. The van der Waals surface area contributed by atoms with Gasteiger partial charge < -0.3 is 19.2 Å². The highest BCUT2D eigenvalue weighted by atomic mass is 32.1. The number of aromatic carboxylic acids is 1. The molecule has 2 aromatic carbocycles. The number of piperidine rings is 1. The van der Waals surface area contributed by atoms with E-state index >= 15 is 0 Å². The maximum absolute atomic E-state index is 13.2. The molecule has 9 heteroatoms. The van der Waals surface area contributed by atoms with Crippen molar-refractivity contribution < 1.29 is 23.8 Å². The van der Waals surface area contributed by atoms with Crippen molar-refractivity contribution in [3.8, 4) is 16.3 Å². The number of ketones is 1. The summed E-state index contributed by atoms with van der Waals surface area (Å²) in [5.74, 6) is 1.22. The average molecular weight is 568 g/mol. The molecule has 0 unspecified atom stereocenters. The number of benzene rings is 2. The summed E-state index contributed by atoms with van der Waals surface area (Å²) in [6, 6.07) is 16.4. The van der Waals surface area contributed by atoms with Gasteiger partial charge in [-0.25, -0.2) is 14.8 Å². The Kier molecular flexibility index (Phi) is 7.52. The SMILES string of the molecule is Cc1c(C(=O)Cc2ccc(N3CCC(COc4cccc(C(=O)O)c4)CC3)nc2)oc2ccc(-c3nccs3)cc12. The Balaban J connectivity index is 1.04. The van der Waals surface area contributed by atoms with Crippen LogP contribution in [-0.2, 0) is 6.42 Å². The highest BCUT2D eigenvalue weighted by molar-refractivity contribution is 7.13. The molecule has 41 heavy (non-hydrogen) atoms. The van der Waals surface area contributed by atoms with Crippen LogP contribution in [0.2, 0.25) is 0 Å². The first-order valence-corrected chi connectivity index (χ1v) is 14.4. The molecule has 1 aliphatic rings. The number of nitrogens with zero attached hydrogens (tertiary/aromatic N) is 3. The number of hydrogen-bond donors (Lipinski definition) is 1. The van der Waals surface area contributed by atoms with Gasteiger partial charge in [-0.3, -0.25) is 4.79 Å². The minimum absolute atomic E-state index is 0.0706. The standard InChI is InChI=1S/C32H29N3O5S/c1-20-26-17-23(31-33-11-14-41-31)6-7-28(26)40-30(20)27(36)15-22-5-8-29(34-18-22)35-12-9-21(10-13-35)19-39-25-4-2-3-24(16-25)32(37)38/h2-8,11,14,16-18,21H,9-10,12-13,15,19H2,1H3,(H,37,38). The molecule has 0 atom stereocenters. The number of carboxylic acids is 1. The molecule has 0 radical (unpaired) electrons. The van der Waals surface area contributed by atoms with Crippen LogP contribution in [0.5, 0.6) is 5.75 Å². The number of aryl methyl sites for hydroxylation is 1. The van der Waals surface area contributed by atoms with Crippen molar-refractivity contribution in [2.75, 3.05) is 24.6 Å². The molecular weight excluding hydrogens is 538 g/mol. The number of anilines is 1. The van der Waals surface area contributed by atoms with E-state index < -0.39 is 5.97 Å². The molecule has 0 aliphatic carbocycles. The molecule has 3 aromatic heterocycles. The van der Waals surface area contributed by atoms with Gasteiger partial charge in [-0.15, -0.1) is 11.3 Å². The van der Waals surface area contributed by atoms with E-state index in [0.29, 0.717) is 29.6 Å². The quantitative estimate of drug-likeness (QED) is 0.197. The topological polar surface area (TPSA) is 106 Å². The second-order valence-electron chi connectivity index (χ2n) is 10.3. The van der Waals surface area contributed by atoms with Gasteiger partial charge in [0.25, 0.3) is 0 Å². The first-order chi connectivity index (χ1) is 19.9. The maximum Gasteiger partial charge on any atom is 0.335 e. The molecule has 208 valence electrons. The molecule has 1 aliphatic heterocycles. The van der Waals surface area contributed by atoms with E-state index in [1.165, 1.54) is 0 Å². The zero-order valence-corrected chi connectivity index (χ0v) is 23.4. The minimum Gasteiger partial charge on any atom is -0.493 e. The maximum atomic E-state index is 13.2. The number of pyridine rings is 1. The summed E-state index contributed by atoms with van der Waals surface area (Å²) in [6.07, 6.45) is 5.68. The number of carbonyl (C=O) groups is 2. The largest absolute Gasteiger partial charge is 0.493 e. The van der Waals surface area contributed by atoms with E-state index in [2.05, 4.69) is 14.9 Å². The predicted octanol–water partition coefficient (Wildman–Crippen LogP) is 6.68. The van der Waals surface area contributed by atoms with Gasteiger partial charge in [-0.05, 0) is 73.7 Å². The number of hydrogen-bond acceptors (Lipinski definition) is 8. The number of thiazole rings is 1. The van der Waals surface area contributed by atoms with Gasteiger partial charge in [0.2, 0.25) is 5.78 Å². The van der Waals surface area contributed by atoms with Crippen LogP contribution >= 0.6 is 11.3 Å². The Bertz CT molecular complexity index is 1690. The number of carbonyl (C=O) groups excluding carboxylic acids is 1. The second kappa shape index (κ2) is 11.5. The van der Waals surface area contributed by atoms with Gasteiger partial charge in [0, 0.05) is 53.8 Å². The fraction of sp³-hybridized carbons (Fsp3) is 0.250. The first kappa shape index (κ1) is 26.7.